The van der Waals surface area contributed by atoms with Crippen molar-refractivity contribution in [3.8, 4) is 5.75 Å². The van der Waals surface area contributed by atoms with E-state index in [1.54, 1.807) is 7.11 Å². The minimum absolute atomic E-state index is 0.123. The Labute approximate surface area is 113 Å². The Morgan fingerprint density at radius 1 is 1.47 bits per heavy atom. The van der Waals surface area contributed by atoms with Crippen LogP contribution in [0.3, 0.4) is 0 Å². The number of rotatable bonds is 4. The van der Waals surface area contributed by atoms with Crippen molar-refractivity contribution in [2.24, 2.45) is 5.92 Å². The van der Waals surface area contributed by atoms with Gasteiger partial charge in [0.25, 0.3) is 0 Å². The molecule has 2 rings (SSSR count). The SMILES string of the molecule is COc1cccc([C@@H](C)OC(=O)[C@@H]2CCCOC2)c1. The molecule has 1 saturated heterocycles. The van der Waals surface area contributed by atoms with Gasteiger partial charge in [0.05, 0.1) is 19.6 Å². The maximum absolute atomic E-state index is 12.0. The smallest absolute Gasteiger partial charge is 0.311 e. The van der Waals surface area contributed by atoms with Gasteiger partial charge >= 0.3 is 5.97 Å². The predicted molar refractivity (Wildman–Crippen MR) is 71.0 cm³/mol. The molecule has 1 aliphatic heterocycles. The van der Waals surface area contributed by atoms with E-state index in [0.717, 1.165) is 30.8 Å². The lowest BCUT2D eigenvalue weighted by molar-refractivity contribution is -0.158. The highest BCUT2D eigenvalue weighted by molar-refractivity contribution is 5.73. The summed E-state index contributed by atoms with van der Waals surface area (Å²) in [6.45, 7) is 3.09. The van der Waals surface area contributed by atoms with Crippen molar-refractivity contribution in [1.82, 2.24) is 0 Å². The van der Waals surface area contributed by atoms with Crippen LogP contribution in [0.1, 0.15) is 31.4 Å². The molecule has 1 aliphatic rings. The average molecular weight is 264 g/mol. The Kier molecular flexibility index (Phi) is 4.80. The molecule has 0 amide bonds. The molecular weight excluding hydrogens is 244 g/mol. The Morgan fingerprint density at radius 2 is 2.32 bits per heavy atom. The van der Waals surface area contributed by atoms with Gasteiger partial charge in [-0.3, -0.25) is 4.79 Å². The minimum Gasteiger partial charge on any atom is -0.497 e. The van der Waals surface area contributed by atoms with Gasteiger partial charge in [-0.25, -0.2) is 0 Å². The molecule has 1 aromatic carbocycles. The summed E-state index contributed by atoms with van der Waals surface area (Å²) in [5, 5.41) is 0. The highest BCUT2D eigenvalue weighted by Gasteiger charge is 2.25. The van der Waals surface area contributed by atoms with Crippen LogP contribution in [-0.4, -0.2) is 26.3 Å². The number of carbonyl (C=O) groups excluding carboxylic acids is 1. The molecule has 0 bridgehead atoms. The van der Waals surface area contributed by atoms with Gasteiger partial charge in [-0.1, -0.05) is 12.1 Å². The van der Waals surface area contributed by atoms with Crippen molar-refractivity contribution in [3.63, 3.8) is 0 Å². The summed E-state index contributed by atoms with van der Waals surface area (Å²) in [4.78, 5) is 12.0. The van der Waals surface area contributed by atoms with Gasteiger partial charge in [0.1, 0.15) is 11.9 Å². The first-order chi connectivity index (χ1) is 9.20. The van der Waals surface area contributed by atoms with Gasteiger partial charge < -0.3 is 14.2 Å². The second kappa shape index (κ2) is 6.57. The van der Waals surface area contributed by atoms with E-state index >= 15 is 0 Å². The van der Waals surface area contributed by atoms with E-state index in [1.807, 2.05) is 31.2 Å². The molecule has 1 heterocycles. The number of benzene rings is 1. The standard InChI is InChI=1S/C15H20O4/c1-11(12-5-3-7-14(9-12)17-2)19-15(16)13-6-4-8-18-10-13/h3,5,7,9,11,13H,4,6,8,10H2,1-2H3/t11-,13-/m1/s1. The fourth-order valence-corrected chi connectivity index (χ4v) is 2.16. The van der Waals surface area contributed by atoms with Gasteiger partial charge in [0, 0.05) is 6.61 Å². The molecular formula is C15H20O4. The Bertz CT molecular complexity index is 424. The molecule has 1 aromatic rings. The zero-order chi connectivity index (χ0) is 13.7. The topological polar surface area (TPSA) is 44.8 Å². The van der Waals surface area contributed by atoms with Crippen molar-refractivity contribution in [3.05, 3.63) is 29.8 Å². The summed E-state index contributed by atoms with van der Waals surface area (Å²) in [6, 6.07) is 7.57. The summed E-state index contributed by atoms with van der Waals surface area (Å²) in [5.74, 6) is 0.471. The van der Waals surface area contributed by atoms with Crippen LogP contribution in [0.2, 0.25) is 0 Å². The maximum atomic E-state index is 12.0. The quantitative estimate of drug-likeness (QED) is 0.784. The van der Waals surface area contributed by atoms with E-state index in [4.69, 9.17) is 14.2 Å². The predicted octanol–water partition coefficient (Wildman–Crippen LogP) is 2.73. The normalized spacial score (nSPS) is 20.6. The number of esters is 1. The number of hydrogen-bond donors (Lipinski definition) is 0. The summed E-state index contributed by atoms with van der Waals surface area (Å²) in [5.41, 5.74) is 0.935. The third-order valence-corrected chi connectivity index (χ3v) is 3.35. The largest absolute Gasteiger partial charge is 0.497 e. The van der Waals surface area contributed by atoms with E-state index < -0.39 is 0 Å². The molecule has 0 radical (unpaired) electrons. The van der Waals surface area contributed by atoms with Crippen LogP contribution in [0.5, 0.6) is 5.75 Å². The lowest BCUT2D eigenvalue weighted by Crippen LogP contribution is -2.27. The Balaban J connectivity index is 1.95. The second-order valence-corrected chi connectivity index (χ2v) is 4.77. The molecule has 0 aromatic heterocycles. The number of carbonyl (C=O) groups is 1. The highest BCUT2D eigenvalue weighted by Crippen LogP contribution is 2.24. The van der Waals surface area contributed by atoms with Crippen LogP contribution >= 0.6 is 0 Å². The molecule has 0 unspecified atom stereocenters. The molecule has 19 heavy (non-hydrogen) atoms. The van der Waals surface area contributed by atoms with Crippen LogP contribution in [0, 0.1) is 5.92 Å². The monoisotopic (exact) mass is 264 g/mol. The van der Waals surface area contributed by atoms with Crippen LogP contribution in [0.25, 0.3) is 0 Å². The fourth-order valence-electron chi connectivity index (χ4n) is 2.16. The highest BCUT2D eigenvalue weighted by atomic mass is 16.5. The second-order valence-electron chi connectivity index (χ2n) is 4.77. The van der Waals surface area contributed by atoms with Crippen LogP contribution in [0.15, 0.2) is 24.3 Å². The molecule has 0 N–H and O–H groups in total. The first kappa shape index (κ1) is 13.9. The molecule has 1 fully saturated rings. The first-order valence-electron chi connectivity index (χ1n) is 6.63. The van der Waals surface area contributed by atoms with E-state index in [0.29, 0.717) is 6.61 Å². The summed E-state index contributed by atoms with van der Waals surface area (Å²) in [6.07, 6.45) is 1.50. The molecule has 0 aliphatic carbocycles. The molecule has 104 valence electrons. The number of ether oxygens (including phenoxy) is 3. The van der Waals surface area contributed by atoms with Crippen molar-refractivity contribution in [1.29, 1.82) is 0 Å². The van der Waals surface area contributed by atoms with Gasteiger partial charge in [-0.15, -0.1) is 0 Å². The lowest BCUT2D eigenvalue weighted by atomic mass is 10.0. The van der Waals surface area contributed by atoms with Crippen molar-refractivity contribution >= 4 is 5.97 Å². The van der Waals surface area contributed by atoms with Gasteiger partial charge in [0.15, 0.2) is 0 Å². The van der Waals surface area contributed by atoms with Gasteiger partial charge in [0.2, 0.25) is 0 Å². The Morgan fingerprint density at radius 3 is 3.00 bits per heavy atom. The summed E-state index contributed by atoms with van der Waals surface area (Å²) < 4.78 is 16.0. The van der Waals surface area contributed by atoms with E-state index in [-0.39, 0.29) is 18.0 Å². The fraction of sp³-hybridized carbons (Fsp3) is 0.533. The molecule has 2 atom stereocenters. The zero-order valence-corrected chi connectivity index (χ0v) is 11.4. The minimum atomic E-state index is -0.274. The van der Waals surface area contributed by atoms with E-state index in [9.17, 15) is 4.79 Å². The van der Waals surface area contributed by atoms with E-state index in [2.05, 4.69) is 0 Å². The summed E-state index contributed by atoms with van der Waals surface area (Å²) >= 11 is 0. The first-order valence-corrected chi connectivity index (χ1v) is 6.63. The average Bonchev–Trinajstić information content (AvgIpc) is 2.48. The molecule has 0 spiro atoms. The molecule has 0 saturated carbocycles. The Hall–Kier alpha value is -1.55. The maximum Gasteiger partial charge on any atom is 0.311 e. The third-order valence-electron chi connectivity index (χ3n) is 3.35. The number of hydrogen-bond acceptors (Lipinski definition) is 4. The number of methoxy groups -OCH3 is 1. The van der Waals surface area contributed by atoms with Gasteiger partial charge in [-0.05, 0) is 37.5 Å². The van der Waals surface area contributed by atoms with Crippen LogP contribution < -0.4 is 4.74 Å². The lowest BCUT2D eigenvalue weighted by Gasteiger charge is -2.23. The van der Waals surface area contributed by atoms with Gasteiger partial charge in [-0.2, -0.15) is 0 Å². The van der Waals surface area contributed by atoms with Crippen molar-refractivity contribution in [2.75, 3.05) is 20.3 Å². The van der Waals surface area contributed by atoms with E-state index in [1.165, 1.54) is 0 Å². The third kappa shape index (κ3) is 3.70. The zero-order valence-electron chi connectivity index (χ0n) is 11.4. The van der Waals surface area contributed by atoms with Crippen molar-refractivity contribution in [2.45, 2.75) is 25.9 Å². The van der Waals surface area contributed by atoms with Crippen LogP contribution in [0.4, 0.5) is 0 Å². The molecule has 4 nitrogen and oxygen atoms in total. The molecule has 4 heteroatoms. The van der Waals surface area contributed by atoms with Crippen molar-refractivity contribution < 1.29 is 19.0 Å². The summed E-state index contributed by atoms with van der Waals surface area (Å²) in [7, 11) is 1.62. The van der Waals surface area contributed by atoms with Crippen LogP contribution in [-0.2, 0) is 14.3 Å².